The number of benzene rings is 1. The van der Waals surface area contributed by atoms with Gasteiger partial charge in [-0.2, -0.15) is 0 Å². The highest BCUT2D eigenvalue weighted by Gasteiger charge is 2.18. The molecule has 4 nitrogen and oxygen atoms in total. The molecule has 2 aromatic rings. The number of hydrogen-bond donors (Lipinski definition) is 2. The van der Waals surface area contributed by atoms with Crippen molar-refractivity contribution in [1.82, 2.24) is 4.98 Å². The smallest absolute Gasteiger partial charge is 0.248 e. The number of hydrogen-bond acceptors (Lipinski definition) is 2. The molecular weight excluding hydrogens is 240 g/mol. The van der Waals surface area contributed by atoms with Gasteiger partial charge in [0.2, 0.25) is 11.5 Å². The Kier molecular flexibility index (Phi) is 2.52. The summed E-state index contributed by atoms with van der Waals surface area (Å²) in [6, 6.07) is 3.67. The Labute approximate surface area is 109 Å². The summed E-state index contributed by atoms with van der Waals surface area (Å²) in [6.07, 6.45) is 4.74. The van der Waals surface area contributed by atoms with Crippen molar-refractivity contribution in [3.63, 3.8) is 0 Å². The van der Waals surface area contributed by atoms with Crippen molar-refractivity contribution in [1.29, 1.82) is 0 Å². The van der Waals surface area contributed by atoms with Crippen LogP contribution in [0.4, 0.5) is 0 Å². The second-order valence-corrected chi connectivity index (χ2v) is 5.01. The summed E-state index contributed by atoms with van der Waals surface area (Å²) in [4.78, 5) is 25.2. The van der Waals surface area contributed by atoms with E-state index in [4.69, 9.17) is 5.73 Å². The maximum absolute atomic E-state index is 11.5. The average Bonchev–Trinajstić information content (AvgIpc) is 2.74. The van der Waals surface area contributed by atoms with E-state index in [1.165, 1.54) is 11.1 Å². The zero-order valence-electron chi connectivity index (χ0n) is 10.6. The van der Waals surface area contributed by atoms with Gasteiger partial charge in [0, 0.05) is 18.7 Å². The van der Waals surface area contributed by atoms with Gasteiger partial charge in [-0.1, -0.05) is 11.6 Å². The zero-order valence-corrected chi connectivity index (χ0v) is 10.6. The lowest BCUT2D eigenvalue weighted by atomic mass is 9.97. The van der Waals surface area contributed by atoms with Gasteiger partial charge in [-0.25, -0.2) is 0 Å². The van der Waals surface area contributed by atoms with Crippen LogP contribution in [0.5, 0.6) is 0 Å². The summed E-state index contributed by atoms with van der Waals surface area (Å²) in [5.74, 6) is -0.320. The number of aromatic nitrogens is 1. The van der Waals surface area contributed by atoms with E-state index in [2.05, 4.69) is 11.1 Å². The van der Waals surface area contributed by atoms with Gasteiger partial charge < -0.3 is 10.7 Å². The van der Waals surface area contributed by atoms with Crippen molar-refractivity contribution in [3.8, 4) is 0 Å². The molecule has 96 valence electrons. The Morgan fingerprint density at radius 1 is 1.42 bits per heavy atom. The van der Waals surface area contributed by atoms with Crippen LogP contribution < -0.4 is 11.3 Å². The van der Waals surface area contributed by atoms with Gasteiger partial charge in [0.1, 0.15) is 0 Å². The number of carbonyl (C=O) groups excluding carboxylic acids is 1. The predicted molar refractivity (Wildman–Crippen MR) is 74.8 cm³/mol. The molecule has 1 aromatic heterocycles. The molecule has 0 saturated heterocycles. The van der Waals surface area contributed by atoms with E-state index in [0.717, 1.165) is 28.3 Å². The van der Waals surface area contributed by atoms with Gasteiger partial charge in [0.05, 0.1) is 0 Å². The molecule has 0 radical (unpaired) electrons. The predicted octanol–water partition coefficient (Wildman–Crippen LogP) is 1.65. The Balaban J connectivity index is 2.24. The van der Waals surface area contributed by atoms with Crippen LogP contribution in [-0.2, 0) is 11.2 Å². The monoisotopic (exact) mass is 254 g/mol. The van der Waals surface area contributed by atoms with Gasteiger partial charge in [-0.3, -0.25) is 9.59 Å². The van der Waals surface area contributed by atoms with Crippen LogP contribution in [0.3, 0.4) is 0 Å². The minimum atomic E-state index is -0.320. The number of aromatic amines is 1. The van der Waals surface area contributed by atoms with Crippen LogP contribution in [-0.4, -0.2) is 10.9 Å². The number of carbonyl (C=O) groups is 1. The second-order valence-electron chi connectivity index (χ2n) is 5.01. The van der Waals surface area contributed by atoms with Crippen molar-refractivity contribution >= 4 is 22.8 Å². The summed E-state index contributed by atoms with van der Waals surface area (Å²) in [5, 5.41) is 1.94. The fraction of sp³-hybridized carbons (Fsp3) is 0.200. The number of nitrogens with two attached hydrogens (primary N) is 1. The lowest BCUT2D eigenvalue weighted by Gasteiger charge is -2.08. The number of H-pyrrole nitrogens is 1. The van der Waals surface area contributed by atoms with Crippen LogP contribution in [0.25, 0.3) is 16.8 Å². The first-order valence-corrected chi connectivity index (χ1v) is 6.17. The van der Waals surface area contributed by atoms with E-state index in [0.29, 0.717) is 0 Å². The lowest BCUT2D eigenvalue weighted by Crippen LogP contribution is -2.11. The van der Waals surface area contributed by atoms with E-state index in [9.17, 15) is 9.59 Å². The molecule has 0 spiro atoms. The number of rotatable bonds is 2. The zero-order chi connectivity index (χ0) is 13.6. The SMILES string of the molecule is Cc1cc2c[nH]c(=O)cc2c2c1CC(CC(N)=O)=C2. The highest BCUT2D eigenvalue weighted by molar-refractivity contribution is 5.95. The Morgan fingerprint density at radius 2 is 2.21 bits per heavy atom. The molecule has 1 aromatic carbocycles. The molecule has 1 heterocycles. The fourth-order valence-electron chi connectivity index (χ4n) is 2.75. The minimum absolute atomic E-state index is 0.115. The molecule has 3 N–H and O–H groups in total. The van der Waals surface area contributed by atoms with Crippen LogP contribution in [0.2, 0.25) is 0 Å². The van der Waals surface area contributed by atoms with Crippen LogP contribution in [0.1, 0.15) is 23.1 Å². The molecule has 3 rings (SSSR count). The average molecular weight is 254 g/mol. The maximum Gasteiger partial charge on any atom is 0.248 e. The molecule has 1 aliphatic rings. The normalized spacial score (nSPS) is 13.4. The molecule has 0 bridgehead atoms. The van der Waals surface area contributed by atoms with Crippen LogP contribution in [0, 0.1) is 6.92 Å². The molecule has 0 aliphatic heterocycles. The van der Waals surface area contributed by atoms with Gasteiger partial charge in [0.15, 0.2) is 0 Å². The van der Waals surface area contributed by atoms with E-state index >= 15 is 0 Å². The summed E-state index contributed by atoms with van der Waals surface area (Å²) in [7, 11) is 0. The molecule has 19 heavy (non-hydrogen) atoms. The first kappa shape index (κ1) is 11.7. The molecular formula is C15H14N2O2. The molecule has 1 amide bonds. The van der Waals surface area contributed by atoms with E-state index in [1.54, 1.807) is 12.3 Å². The van der Waals surface area contributed by atoms with Gasteiger partial charge in [-0.15, -0.1) is 0 Å². The number of pyridine rings is 1. The first-order chi connectivity index (χ1) is 9.04. The van der Waals surface area contributed by atoms with Gasteiger partial charge in [-0.05, 0) is 46.9 Å². The molecule has 0 atom stereocenters. The van der Waals surface area contributed by atoms with E-state index in [-0.39, 0.29) is 17.9 Å². The number of primary amides is 1. The number of aryl methyl sites for hydroxylation is 1. The molecule has 0 fully saturated rings. The Bertz CT molecular complexity index is 785. The van der Waals surface area contributed by atoms with Gasteiger partial charge >= 0.3 is 0 Å². The highest BCUT2D eigenvalue weighted by Crippen LogP contribution is 2.34. The third-order valence-electron chi connectivity index (χ3n) is 3.57. The highest BCUT2D eigenvalue weighted by atomic mass is 16.1. The third-order valence-corrected chi connectivity index (χ3v) is 3.57. The van der Waals surface area contributed by atoms with Gasteiger partial charge in [0.25, 0.3) is 0 Å². The number of amides is 1. The Hall–Kier alpha value is -2.36. The van der Waals surface area contributed by atoms with E-state index < -0.39 is 0 Å². The van der Waals surface area contributed by atoms with Crippen molar-refractivity contribution in [2.45, 2.75) is 19.8 Å². The summed E-state index contributed by atoms with van der Waals surface area (Å²) in [6.45, 7) is 2.05. The van der Waals surface area contributed by atoms with E-state index in [1.807, 2.05) is 13.0 Å². The molecule has 1 aliphatic carbocycles. The minimum Gasteiger partial charge on any atom is -0.369 e. The summed E-state index contributed by atoms with van der Waals surface area (Å²) < 4.78 is 0. The van der Waals surface area contributed by atoms with Crippen molar-refractivity contribution in [2.24, 2.45) is 5.73 Å². The number of fused-ring (bicyclic) bond motifs is 3. The van der Waals surface area contributed by atoms with Crippen LogP contribution in [0.15, 0.2) is 28.7 Å². The fourth-order valence-corrected chi connectivity index (χ4v) is 2.75. The maximum atomic E-state index is 11.5. The topological polar surface area (TPSA) is 75.9 Å². The first-order valence-electron chi connectivity index (χ1n) is 6.17. The lowest BCUT2D eigenvalue weighted by molar-refractivity contribution is -0.117. The van der Waals surface area contributed by atoms with Crippen molar-refractivity contribution < 1.29 is 4.79 Å². The third kappa shape index (κ3) is 1.95. The summed E-state index contributed by atoms with van der Waals surface area (Å²) >= 11 is 0. The standard InChI is InChI=1S/C15H14N2O2/c1-8-2-10-7-17-15(19)6-12(10)13-4-9(3-11(8)13)5-14(16)18/h2,4,6-7H,3,5H2,1H3,(H2,16,18)(H,17,19). The largest absolute Gasteiger partial charge is 0.369 e. The van der Waals surface area contributed by atoms with Crippen molar-refractivity contribution in [2.75, 3.05) is 0 Å². The second kappa shape index (κ2) is 4.09. The molecule has 4 heteroatoms. The molecule has 0 saturated carbocycles. The Morgan fingerprint density at radius 3 is 2.95 bits per heavy atom. The molecule has 0 unspecified atom stereocenters. The van der Waals surface area contributed by atoms with Crippen LogP contribution >= 0.6 is 0 Å². The summed E-state index contributed by atoms with van der Waals surface area (Å²) in [5.41, 5.74) is 9.56. The number of nitrogens with one attached hydrogen (secondary N) is 1. The quantitative estimate of drug-likeness (QED) is 0.855. The van der Waals surface area contributed by atoms with Crippen molar-refractivity contribution in [3.05, 3.63) is 50.9 Å².